The highest BCUT2D eigenvalue weighted by Gasteiger charge is 2.20. The first kappa shape index (κ1) is 15.6. The van der Waals surface area contributed by atoms with Crippen LogP contribution in [0, 0.1) is 11.2 Å². The van der Waals surface area contributed by atoms with Crippen LogP contribution in [0.25, 0.3) is 21.9 Å². The quantitative estimate of drug-likeness (QED) is 0.470. The predicted molar refractivity (Wildman–Crippen MR) is 103 cm³/mol. The Labute approximate surface area is 146 Å². The van der Waals surface area contributed by atoms with Gasteiger partial charge < -0.3 is 16.9 Å². The number of rotatable bonds is 2. The van der Waals surface area contributed by atoms with Crippen LogP contribution < -0.4 is 11.5 Å². The number of benzene rings is 3. The molecule has 0 heterocycles. The standard InChI is InChI=1S/C21H20FN3/c22-18-7-5-12(10-20(18)25)16-9-13-6-8-19(24)17(11-23)21(13)15-4-2-1-3-14(15)16/h5-11,23H,1-4,24-25H2. The third-order valence-electron chi connectivity index (χ3n) is 5.16. The van der Waals surface area contributed by atoms with Crippen LogP contribution in [0.5, 0.6) is 0 Å². The van der Waals surface area contributed by atoms with E-state index in [2.05, 4.69) is 6.07 Å². The highest BCUT2D eigenvalue weighted by Crippen LogP contribution is 2.39. The second kappa shape index (κ2) is 5.88. The lowest BCUT2D eigenvalue weighted by atomic mass is 9.81. The Morgan fingerprint density at radius 3 is 2.40 bits per heavy atom. The Kier molecular flexibility index (Phi) is 3.68. The summed E-state index contributed by atoms with van der Waals surface area (Å²) >= 11 is 0. The summed E-state index contributed by atoms with van der Waals surface area (Å²) in [5.74, 6) is -0.391. The molecule has 4 heteroatoms. The van der Waals surface area contributed by atoms with Gasteiger partial charge in [0.1, 0.15) is 5.82 Å². The summed E-state index contributed by atoms with van der Waals surface area (Å²) in [5, 5.41) is 9.94. The molecule has 0 aliphatic heterocycles. The van der Waals surface area contributed by atoms with Crippen molar-refractivity contribution < 1.29 is 4.39 Å². The lowest BCUT2D eigenvalue weighted by Crippen LogP contribution is -2.08. The molecule has 0 amide bonds. The van der Waals surface area contributed by atoms with Crippen molar-refractivity contribution in [3.63, 3.8) is 0 Å². The van der Waals surface area contributed by atoms with E-state index in [1.807, 2.05) is 12.1 Å². The van der Waals surface area contributed by atoms with Gasteiger partial charge in [0.05, 0.1) is 5.69 Å². The first-order valence-corrected chi connectivity index (χ1v) is 8.53. The average molecular weight is 333 g/mol. The summed E-state index contributed by atoms with van der Waals surface area (Å²) in [6.07, 6.45) is 5.56. The second-order valence-electron chi connectivity index (χ2n) is 6.64. The monoisotopic (exact) mass is 333 g/mol. The minimum atomic E-state index is -0.391. The van der Waals surface area contributed by atoms with E-state index >= 15 is 0 Å². The third-order valence-corrected chi connectivity index (χ3v) is 5.16. The molecular formula is C21H20FN3. The van der Waals surface area contributed by atoms with Gasteiger partial charge in [-0.25, -0.2) is 4.39 Å². The summed E-state index contributed by atoms with van der Waals surface area (Å²) in [6.45, 7) is 0. The molecule has 25 heavy (non-hydrogen) atoms. The Balaban J connectivity index is 2.08. The zero-order valence-corrected chi connectivity index (χ0v) is 13.9. The number of nitrogens with two attached hydrogens (primary N) is 2. The van der Waals surface area contributed by atoms with Crippen LogP contribution in [0.3, 0.4) is 0 Å². The van der Waals surface area contributed by atoms with Crippen LogP contribution in [0.1, 0.15) is 29.5 Å². The Hall–Kier alpha value is -2.88. The van der Waals surface area contributed by atoms with Crippen molar-refractivity contribution in [1.29, 1.82) is 5.41 Å². The van der Waals surface area contributed by atoms with Crippen molar-refractivity contribution in [3.05, 3.63) is 58.9 Å². The van der Waals surface area contributed by atoms with Crippen LogP contribution in [0.4, 0.5) is 15.8 Å². The lowest BCUT2D eigenvalue weighted by Gasteiger charge is -2.24. The van der Waals surface area contributed by atoms with Gasteiger partial charge in [-0.05, 0) is 83.0 Å². The zero-order valence-electron chi connectivity index (χ0n) is 13.9. The van der Waals surface area contributed by atoms with E-state index < -0.39 is 5.82 Å². The fourth-order valence-electron chi connectivity index (χ4n) is 3.95. The highest BCUT2D eigenvalue weighted by atomic mass is 19.1. The molecule has 0 spiro atoms. The number of aryl methyl sites for hydroxylation is 1. The van der Waals surface area contributed by atoms with Gasteiger partial charge in [-0.1, -0.05) is 12.1 Å². The maximum atomic E-state index is 13.6. The van der Waals surface area contributed by atoms with Crippen molar-refractivity contribution >= 4 is 28.4 Å². The largest absolute Gasteiger partial charge is 0.398 e. The molecule has 0 aromatic heterocycles. The lowest BCUT2D eigenvalue weighted by molar-refractivity contribution is 0.632. The number of anilines is 2. The van der Waals surface area contributed by atoms with E-state index in [0.717, 1.165) is 53.1 Å². The number of hydrogen-bond donors (Lipinski definition) is 3. The van der Waals surface area contributed by atoms with Crippen LogP contribution in [-0.4, -0.2) is 6.21 Å². The highest BCUT2D eigenvalue weighted by molar-refractivity contribution is 6.07. The molecule has 1 aliphatic rings. The average Bonchev–Trinajstić information content (AvgIpc) is 2.63. The maximum Gasteiger partial charge on any atom is 0.146 e. The van der Waals surface area contributed by atoms with Gasteiger partial charge in [-0.15, -0.1) is 0 Å². The molecule has 0 fully saturated rings. The van der Waals surface area contributed by atoms with Crippen molar-refractivity contribution in [2.24, 2.45) is 0 Å². The second-order valence-corrected chi connectivity index (χ2v) is 6.64. The summed E-state index contributed by atoms with van der Waals surface area (Å²) < 4.78 is 13.6. The van der Waals surface area contributed by atoms with Crippen molar-refractivity contribution in [2.75, 3.05) is 11.5 Å². The van der Waals surface area contributed by atoms with E-state index in [1.165, 1.54) is 23.4 Å². The Morgan fingerprint density at radius 1 is 0.920 bits per heavy atom. The van der Waals surface area contributed by atoms with Gasteiger partial charge in [0, 0.05) is 17.5 Å². The van der Waals surface area contributed by atoms with E-state index in [4.69, 9.17) is 16.9 Å². The molecular weight excluding hydrogens is 313 g/mol. The molecule has 0 unspecified atom stereocenters. The van der Waals surface area contributed by atoms with Gasteiger partial charge in [0.2, 0.25) is 0 Å². The molecule has 3 aromatic rings. The van der Waals surface area contributed by atoms with E-state index in [9.17, 15) is 4.39 Å². The minimum absolute atomic E-state index is 0.166. The van der Waals surface area contributed by atoms with E-state index in [0.29, 0.717) is 5.69 Å². The van der Waals surface area contributed by atoms with E-state index in [-0.39, 0.29) is 5.69 Å². The molecule has 0 radical (unpaired) electrons. The molecule has 0 saturated carbocycles. The molecule has 4 rings (SSSR count). The first-order chi connectivity index (χ1) is 12.1. The predicted octanol–water partition coefficient (Wildman–Crippen LogP) is 4.69. The summed E-state index contributed by atoms with van der Waals surface area (Å²) in [7, 11) is 0. The molecule has 3 nitrogen and oxygen atoms in total. The Morgan fingerprint density at radius 2 is 1.68 bits per heavy atom. The van der Waals surface area contributed by atoms with E-state index in [1.54, 1.807) is 12.1 Å². The molecule has 0 atom stereocenters. The molecule has 0 bridgehead atoms. The van der Waals surface area contributed by atoms with Crippen molar-refractivity contribution in [1.82, 2.24) is 0 Å². The number of nitrogen functional groups attached to an aromatic ring is 2. The number of hydrogen-bond acceptors (Lipinski definition) is 3. The fraction of sp³-hybridized carbons (Fsp3) is 0.190. The number of fused-ring (bicyclic) bond motifs is 3. The topological polar surface area (TPSA) is 75.9 Å². The molecule has 0 saturated heterocycles. The fourth-order valence-corrected chi connectivity index (χ4v) is 3.95. The van der Waals surface area contributed by atoms with Gasteiger partial charge in [0.15, 0.2) is 0 Å². The van der Waals surface area contributed by atoms with Crippen molar-refractivity contribution in [3.8, 4) is 11.1 Å². The Bertz CT molecular complexity index is 1010. The molecule has 1 aliphatic carbocycles. The first-order valence-electron chi connectivity index (χ1n) is 8.53. The number of halogens is 1. The van der Waals surface area contributed by atoms with Gasteiger partial charge in [-0.2, -0.15) is 0 Å². The summed E-state index contributed by atoms with van der Waals surface area (Å²) in [5.41, 5.74) is 18.1. The molecule has 5 N–H and O–H groups in total. The summed E-state index contributed by atoms with van der Waals surface area (Å²) in [4.78, 5) is 0. The normalized spacial score (nSPS) is 13.6. The SMILES string of the molecule is N=Cc1c(N)ccc2cc(-c3ccc(F)c(N)c3)c3c(c12)CCCC3. The number of nitrogens with one attached hydrogen (secondary N) is 1. The summed E-state index contributed by atoms with van der Waals surface area (Å²) in [6, 6.07) is 10.9. The van der Waals surface area contributed by atoms with Gasteiger partial charge in [-0.3, -0.25) is 0 Å². The van der Waals surface area contributed by atoms with Gasteiger partial charge in [0.25, 0.3) is 0 Å². The van der Waals surface area contributed by atoms with Crippen LogP contribution in [0.2, 0.25) is 0 Å². The van der Waals surface area contributed by atoms with Crippen LogP contribution in [-0.2, 0) is 12.8 Å². The zero-order chi connectivity index (χ0) is 17.6. The minimum Gasteiger partial charge on any atom is -0.398 e. The van der Waals surface area contributed by atoms with Crippen LogP contribution in [0.15, 0.2) is 36.4 Å². The third kappa shape index (κ3) is 2.45. The van der Waals surface area contributed by atoms with Gasteiger partial charge >= 0.3 is 0 Å². The smallest absolute Gasteiger partial charge is 0.146 e. The molecule has 3 aromatic carbocycles. The van der Waals surface area contributed by atoms with Crippen molar-refractivity contribution in [2.45, 2.75) is 25.7 Å². The molecule has 126 valence electrons. The van der Waals surface area contributed by atoms with Crippen LogP contribution >= 0.6 is 0 Å². The maximum absolute atomic E-state index is 13.6.